The van der Waals surface area contributed by atoms with E-state index in [0.29, 0.717) is 26.2 Å². The van der Waals surface area contributed by atoms with Gasteiger partial charge in [0.05, 0.1) is 32.0 Å². The van der Waals surface area contributed by atoms with Crippen molar-refractivity contribution in [3.8, 4) is 0 Å². The lowest BCUT2D eigenvalue weighted by molar-refractivity contribution is -0.154. The van der Waals surface area contributed by atoms with E-state index in [1.54, 1.807) is 25.8 Å². The summed E-state index contributed by atoms with van der Waals surface area (Å²) in [5, 5.41) is 0. The zero-order chi connectivity index (χ0) is 17.0. The molecule has 4 atom stereocenters. The summed E-state index contributed by atoms with van der Waals surface area (Å²) in [6.45, 7) is 6.99. The van der Waals surface area contributed by atoms with Crippen LogP contribution in [0.15, 0.2) is 0 Å². The number of hydrogen-bond donors (Lipinski definition) is 1. The summed E-state index contributed by atoms with van der Waals surface area (Å²) < 4.78 is 21.4. The Kier molecular flexibility index (Phi) is 12.9. The highest BCUT2D eigenvalue weighted by Gasteiger charge is 2.18. The van der Waals surface area contributed by atoms with Crippen LogP contribution in [0.3, 0.4) is 0 Å². The smallest absolute Gasteiger partial charge is 0.323 e. The van der Waals surface area contributed by atoms with Crippen LogP contribution in [0.4, 0.5) is 0 Å². The Balaban J connectivity index is 3.83. The van der Waals surface area contributed by atoms with E-state index in [2.05, 4.69) is 0 Å². The molecule has 0 aromatic carbocycles. The number of hydrogen-bond acceptors (Lipinski definition) is 7. The molecular weight excluding hydrogens is 306 g/mol. The second-order valence-corrected chi connectivity index (χ2v) is 6.36. The predicted octanol–water partition coefficient (Wildman–Crippen LogP) is 1.46. The van der Waals surface area contributed by atoms with E-state index < -0.39 is 6.04 Å². The average molecular weight is 337 g/mol. The van der Waals surface area contributed by atoms with Crippen LogP contribution in [0.25, 0.3) is 0 Å². The van der Waals surface area contributed by atoms with Crippen molar-refractivity contribution >= 4 is 17.7 Å². The molecule has 0 aliphatic carbocycles. The summed E-state index contributed by atoms with van der Waals surface area (Å²) in [5.41, 5.74) is 5.76. The maximum atomic E-state index is 11.7. The number of methoxy groups -OCH3 is 1. The lowest BCUT2D eigenvalue weighted by Gasteiger charge is -2.20. The average Bonchev–Trinajstić information content (AvgIpc) is 2.48. The van der Waals surface area contributed by atoms with Gasteiger partial charge in [0.15, 0.2) is 0 Å². The van der Waals surface area contributed by atoms with Gasteiger partial charge in [0.25, 0.3) is 0 Å². The third-order valence-corrected chi connectivity index (χ3v) is 3.53. The van der Waals surface area contributed by atoms with Crippen LogP contribution in [-0.2, 0) is 23.7 Å². The summed E-state index contributed by atoms with van der Waals surface area (Å²) in [5.74, 6) is 0.470. The Labute approximate surface area is 138 Å². The van der Waals surface area contributed by atoms with Gasteiger partial charge in [-0.2, -0.15) is 11.8 Å². The van der Waals surface area contributed by atoms with Crippen LogP contribution in [0.2, 0.25) is 0 Å². The number of ether oxygens (including phenoxy) is 4. The molecular formula is C15H31NO5S. The topological polar surface area (TPSA) is 80.0 Å². The zero-order valence-electron chi connectivity index (χ0n) is 14.4. The van der Waals surface area contributed by atoms with Crippen molar-refractivity contribution in [2.24, 2.45) is 5.73 Å². The number of nitrogens with two attached hydrogens (primary N) is 1. The molecule has 0 aromatic heterocycles. The molecule has 0 amide bonds. The minimum Gasteiger partial charge on any atom is -0.459 e. The minimum atomic E-state index is -0.564. The summed E-state index contributed by atoms with van der Waals surface area (Å²) >= 11 is 1.66. The monoisotopic (exact) mass is 337 g/mol. The lowest BCUT2D eigenvalue weighted by atomic mass is 10.2. The van der Waals surface area contributed by atoms with Crippen molar-refractivity contribution < 1.29 is 23.7 Å². The van der Waals surface area contributed by atoms with Crippen LogP contribution in [0, 0.1) is 0 Å². The fraction of sp³-hybridized carbons (Fsp3) is 0.933. The highest BCUT2D eigenvalue weighted by Crippen LogP contribution is 2.04. The van der Waals surface area contributed by atoms with Crippen molar-refractivity contribution in [3.63, 3.8) is 0 Å². The predicted molar refractivity (Wildman–Crippen MR) is 89.2 cm³/mol. The number of carbonyl (C=O) groups is 1. The number of rotatable bonds is 13. The van der Waals surface area contributed by atoms with E-state index in [1.807, 2.05) is 20.1 Å². The maximum Gasteiger partial charge on any atom is 0.323 e. The highest BCUT2D eigenvalue weighted by molar-refractivity contribution is 7.98. The minimum absolute atomic E-state index is 0.0285. The van der Waals surface area contributed by atoms with Crippen molar-refractivity contribution in [1.82, 2.24) is 0 Å². The standard InChI is InChI=1S/C15H31NO5S/c1-11(8-18-4)19-9-12(2)20-10-13(3)21-15(17)14(16)6-7-22-5/h11-14H,6-10,16H2,1-5H3/t11?,12?,13?,14-/m0/s1. The van der Waals surface area contributed by atoms with E-state index in [4.69, 9.17) is 24.7 Å². The Bertz CT molecular complexity index is 293. The van der Waals surface area contributed by atoms with Crippen LogP contribution in [0.1, 0.15) is 27.2 Å². The largest absolute Gasteiger partial charge is 0.459 e. The summed E-state index contributed by atoms with van der Waals surface area (Å²) in [7, 11) is 1.64. The number of thioether (sulfide) groups is 1. The Morgan fingerprint density at radius 3 is 2.14 bits per heavy atom. The molecule has 0 aliphatic rings. The first-order chi connectivity index (χ1) is 10.4. The van der Waals surface area contributed by atoms with Gasteiger partial charge in [-0.25, -0.2) is 0 Å². The Morgan fingerprint density at radius 2 is 1.59 bits per heavy atom. The van der Waals surface area contributed by atoms with Crippen LogP contribution in [0.5, 0.6) is 0 Å². The molecule has 0 saturated heterocycles. The Hall–Kier alpha value is -0.340. The van der Waals surface area contributed by atoms with Crippen molar-refractivity contribution in [3.05, 3.63) is 0 Å². The summed E-state index contributed by atoms with van der Waals surface area (Å²) in [6, 6.07) is -0.564. The molecule has 0 fully saturated rings. The van der Waals surface area contributed by atoms with Gasteiger partial charge < -0.3 is 24.7 Å². The molecule has 0 radical (unpaired) electrons. The van der Waals surface area contributed by atoms with Gasteiger partial charge in [0.2, 0.25) is 0 Å². The molecule has 0 rings (SSSR count). The lowest BCUT2D eigenvalue weighted by Crippen LogP contribution is -2.36. The van der Waals surface area contributed by atoms with Gasteiger partial charge in [0.1, 0.15) is 12.1 Å². The van der Waals surface area contributed by atoms with Gasteiger partial charge >= 0.3 is 5.97 Å². The van der Waals surface area contributed by atoms with Gasteiger partial charge in [-0.15, -0.1) is 0 Å². The van der Waals surface area contributed by atoms with Crippen LogP contribution < -0.4 is 5.73 Å². The SMILES string of the molecule is COCC(C)OCC(C)OCC(C)OC(=O)[C@@H](N)CCSC. The van der Waals surface area contributed by atoms with E-state index in [1.165, 1.54) is 0 Å². The molecule has 6 nitrogen and oxygen atoms in total. The molecule has 0 spiro atoms. The van der Waals surface area contributed by atoms with Crippen molar-refractivity contribution in [2.75, 3.05) is 38.9 Å². The van der Waals surface area contributed by atoms with Gasteiger partial charge in [0, 0.05) is 7.11 Å². The molecule has 0 saturated carbocycles. The van der Waals surface area contributed by atoms with Crippen molar-refractivity contribution in [1.29, 1.82) is 0 Å². The summed E-state index contributed by atoms with van der Waals surface area (Å²) in [6.07, 6.45) is 2.22. The van der Waals surface area contributed by atoms with E-state index in [-0.39, 0.29) is 24.3 Å². The first-order valence-corrected chi connectivity index (χ1v) is 8.97. The van der Waals surface area contributed by atoms with Gasteiger partial charge in [-0.05, 0) is 39.2 Å². The van der Waals surface area contributed by atoms with Gasteiger partial charge in [-0.1, -0.05) is 0 Å². The molecule has 0 aromatic rings. The molecule has 3 unspecified atom stereocenters. The quantitative estimate of drug-likeness (QED) is 0.510. The molecule has 0 heterocycles. The first kappa shape index (κ1) is 21.7. The molecule has 0 bridgehead atoms. The highest BCUT2D eigenvalue weighted by atomic mass is 32.2. The normalized spacial score (nSPS) is 16.8. The van der Waals surface area contributed by atoms with Crippen LogP contribution >= 0.6 is 11.8 Å². The zero-order valence-corrected chi connectivity index (χ0v) is 15.2. The van der Waals surface area contributed by atoms with Crippen LogP contribution in [-0.4, -0.2) is 69.3 Å². The second kappa shape index (κ2) is 13.1. The first-order valence-electron chi connectivity index (χ1n) is 7.57. The molecule has 0 aliphatic heterocycles. The maximum absolute atomic E-state index is 11.7. The van der Waals surface area contributed by atoms with E-state index in [0.717, 1.165) is 5.75 Å². The summed E-state index contributed by atoms with van der Waals surface area (Å²) in [4.78, 5) is 11.7. The van der Waals surface area contributed by atoms with Gasteiger partial charge in [-0.3, -0.25) is 4.79 Å². The fourth-order valence-electron chi connectivity index (χ4n) is 1.61. The molecule has 132 valence electrons. The number of esters is 1. The second-order valence-electron chi connectivity index (χ2n) is 5.38. The fourth-order valence-corrected chi connectivity index (χ4v) is 2.10. The van der Waals surface area contributed by atoms with E-state index in [9.17, 15) is 4.79 Å². The van der Waals surface area contributed by atoms with E-state index >= 15 is 0 Å². The molecule has 22 heavy (non-hydrogen) atoms. The third kappa shape index (κ3) is 11.3. The Morgan fingerprint density at radius 1 is 1.05 bits per heavy atom. The molecule has 2 N–H and O–H groups in total. The molecule has 7 heteroatoms. The number of carbonyl (C=O) groups excluding carboxylic acids is 1. The third-order valence-electron chi connectivity index (χ3n) is 2.89. The van der Waals surface area contributed by atoms with Crippen molar-refractivity contribution in [2.45, 2.75) is 51.5 Å².